The van der Waals surface area contributed by atoms with E-state index in [9.17, 15) is 4.79 Å². The van der Waals surface area contributed by atoms with E-state index in [0.29, 0.717) is 17.8 Å². The average molecular weight is 333 g/mol. The summed E-state index contributed by atoms with van der Waals surface area (Å²) in [6, 6.07) is 13.5. The average Bonchev–Trinajstić information content (AvgIpc) is 2.45. The van der Waals surface area contributed by atoms with Crippen molar-refractivity contribution < 1.29 is 4.79 Å². The fourth-order valence-corrected chi connectivity index (χ4v) is 2.29. The Kier molecular flexibility index (Phi) is 4.79. The highest BCUT2D eigenvalue weighted by atomic mass is 79.9. The van der Waals surface area contributed by atoms with E-state index < -0.39 is 0 Å². The summed E-state index contributed by atoms with van der Waals surface area (Å²) in [5.41, 5.74) is 9.17. The second-order valence-corrected chi connectivity index (χ2v) is 5.50. The van der Waals surface area contributed by atoms with Crippen LogP contribution in [0.1, 0.15) is 28.4 Å². The van der Waals surface area contributed by atoms with Gasteiger partial charge >= 0.3 is 0 Å². The Morgan fingerprint density at radius 1 is 1.15 bits per heavy atom. The first kappa shape index (κ1) is 14.6. The van der Waals surface area contributed by atoms with Crippen LogP contribution in [0.25, 0.3) is 0 Å². The molecule has 0 saturated heterocycles. The number of benzene rings is 2. The van der Waals surface area contributed by atoms with E-state index in [1.54, 1.807) is 18.2 Å². The number of aryl methyl sites for hydroxylation is 1. The molecule has 3 N–H and O–H groups in total. The standard InChI is InChI=1S/C16H17BrN2O/c1-2-11-3-5-12(6-4-11)10-19-16(20)14-8-7-13(17)9-15(14)18/h3-9H,2,10,18H2,1H3,(H,19,20). The molecule has 20 heavy (non-hydrogen) atoms. The molecule has 0 aliphatic carbocycles. The number of anilines is 1. The number of hydrogen-bond acceptors (Lipinski definition) is 2. The number of halogens is 1. The number of nitrogens with one attached hydrogen (secondary N) is 1. The van der Waals surface area contributed by atoms with Crippen molar-refractivity contribution in [3.05, 3.63) is 63.6 Å². The first-order chi connectivity index (χ1) is 9.60. The van der Waals surface area contributed by atoms with E-state index in [1.165, 1.54) is 5.56 Å². The van der Waals surface area contributed by atoms with Gasteiger partial charge in [-0.25, -0.2) is 0 Å². The lowest BCUT2D eigenvalue weighted by Gasteiger charge is -2.08. The second-order valence-electron chi connectivity index (χ2n) is 4.58. The molecule has 2 aromatic carbocycles. The van der Waals surface area contributed by atoms with E-state index in [2.05, 4.69) is 40.3 Å². The third kappa shape index (κ3) is 3.61. The van der Waals surface area contributed by atoms with Crippen molar-refractivity contribution in [1.82, 2.24) is 5.32 Å². The van der Waals surface area contributed by atoms with Crippen LogP contribution in [0.3, 0.4) is 0 Å². The van der Waals surface area contributed by atoms with Gasteiger partial charge in [0.05, 0.1) is 5.56 Å². The van der Waals surface area contributed by atoms with Gasteiger partial charge < -0.3 is 11.1 Å². The van der Waals surface area contributed by atoms with Gasteiger partial charge in [-0.05, 0) is 35.7 Å². The minimum Gasteiger partial charge on any atom is -0.398 e. The van der Waals surface area contributed by atoms with E-state index in [0.717, 1.165) is 16.5 Å². The Morgan fingerprint density at radius 2 is 1.80 bits per heavy atom. The summed E-state index contributed by atoms with van der Waals surface area (Å²) in [6.45, 7) is 2.62. The van der Waals surface area contributed by atoms with E-state index in [-0.39, 0.29) is 5.91 Å². The van der Waals surface area contributed by atoms with Crippen molar-refractivity contribution in [3.63, 3.8) is 0 Å². The maximum absolute atomic E-state index is 12.1. The SMILES string of the molecule is CCc1ccc(CNC(=O)c2ccc(Br)cc2N)cc1. The lowest BCUT2D eigenvalue weighted by Crippen LogP contribution is -2.23. The zero-order chi connectivity index (χ0) is 14.5. The molecule has 0 aromatic heterocycles. The molecule has 2 aromatic rings. The first-order valence-electron chi connectivity index (χ1n) is 6.51. The van der Waals surface area contributed by atoms with E-state index in [4.69, 9.17) is 5.73 Å². The molecule has 0 radical (unpaired) electrons. The van der Waals surface area contributed by atoms with Gasteiger partial charge in [0.2, 0.25) is 0 Å². The van der Waals surface area contributed by atoms with Crippen LogP contribution in [0.15, 0.2) is 46.9 Å². The van der Waals surface area contributed by atoms with Crippen molar-refractivity contribution in [2.45, 2.75) is 19.9 Å². The fraction of sp³-hybridized carbons (Fsp3) is 0.188. The van der Waals surface area contributed by atoms with E-state index >= 15 is 0 Å². The van der Waals surface area contributed by atoms with Crippen molar-refractivity contribution in [3.8, 4) is 0 Å². The topological polar surface area (TPSA) is 55.1 Å². The maximum Gasteiger partial charge on any atom is 0.253 e. The number of nitrogens with two attached hydrogens (primary N) is 1. The molecule has 3 nitrogen and oxygen atoms in total. The van der Waals surface area contributed by atoms with Crippen LogP contribution in [0.5, 0.6) is 0 Å². The van der Waals surface area contributed by atoms with Crippen LogP contribution < -0.4 is 11.1 Å². The Balaban J connectivity index is 2.00. The van der Waals surface area contributed by atoms with Gasteiger partial charge in [0.25, 0.3) is 5.91 Å². The van der Waals surface area contributed by atoms with Gasteiger partial charge in [-0.15, -0.1) is 0 Å². The molecule has 0 bridgehead atoms. The molecule has 0 atom stereocenters. The molecule has 0 heterocycles. The predicted octanol–water partition coefficient (Wildman–Crippen LogP) is 3.52. The molecule has 0 aliphatic heterocycles. The highest BCUT2D eigenvalue weighted by molar-refractivity contribution is 9.10. The third-order valence-electron chi connectivity index (χ3n) is 3.14. The van der Waals surface area contributed by atoms with Crippen LogP contribution >= 0.6 is 15.9 Å². The van der Waals surface area contributed by atoms with Gasteiger partial charge in [0.1, 0.15) is 0 Å². The molecule has 0 spiro atoms. The Hall–Kier alpha value is -1.81. The molecule has 0 aliphatic rings. The zero-order valence-electron chi connectivity index (χ0n) is 11.3. The highest BCUT2D eigenvalue weighted by Crippen LogP contribution is 2.18. The smallest absolute Gasteiger partial charge is 0.253 e. The summed E-state index contributed by atoms with van der Waals surface area (Å²) in [4.78, 5) is 12.1. The minimum atomic E-state index is -0.158. The lowest BCUT2D eigenvalue weighted by atomic mass is 10.1. The second kappa shape index (κ2) is 6.57. The molecule has 2 rings (SSSR count). The summed E-state index contributed by atoms with van der Waals surface area (Å²) >= 11 is 3.32. The summed E-state index contributed by atoms with van der Waals surface area (Å²) in [7, 11) is 0. The molecule has 0 unspecified atom stereocenters. The maximum atomic E-state index is 12.1. The summed E-state index contributed by atoms with van der Waals surface area (Å²) in [5.74, 6) is -0.158. The normalized spacial score (nSPS) is 10.3. The number of nitrogen functional groups attached to an aromatic ring is 1. The third-order valence-corrected chi connectivity index (χ3v) is 3.64. The number of carbonyl (C=O) groups is 1. The summed E-state index contributed by atoms with van der Waals surface area (Å²) in [5, 5.41) is 2.88. The quantitative estimate of drug-likeness (QED) is 0.841. The van der Waals surface area contributed by atoms with Crippen LogP contribution in [-0.4, -0.2) is 5.91 Å². The minimum absolute atomic E-state index is 0.158. The largest absolute Gasteiger partial charge is 0.398 e. The van der Waals surface area contributed by atoms with Crippen LogP contribution in [0.2, 0.25) is 0 Å². The fourth-order valence-electron chi connectivity index (χ4n) is 1.91. The Morgan fingerprint density at radius 3 is 2.40 bits per heavy atom. The molecule has 4 heteroatoms. The van der Waals surface area contributed by atoms with Gasteiger partial charge in [-0.1, -0.05) is 47.1 Å². The van der Waals surface area contributed by atoms with Gasteiger partial charge in [0.15, 0.2) is 0 Å². The first-order valence-corrected chi connectivity index (χ1v) is 7.30. The van der Waals surface area contributed by atoms with Gasteiger partial charge in [-0.3, -0.25) is 4.79 Å². The molecular weight excluding hydrogens is 316 g/mol. The van der Waals surface area contributed by atoms with Crippen LogP contribution in [0.4, 0.5) is 5.69 Å². The van der Waals surface area contributed by atoms with Crippen LogP contribution in [-0.2, 0) is 13.0 Å². The molecule has 1 amide bonds. The summed E-state index contributed by atoms with van der Waals surface area (Å²) in [6.07, 6.45) is 1.02. The van der Waals surface area contributed by atoms with Crippen molar-refractivity contribution in [2.24, 2.45) is 0 Å². The number of hydrogen-bond donors (Lipinski definition) is 2. The van der Waals surface area contributed by atoms with E-state index in [1.807, 2.05) is 12.1 Å². The monoisotopic (exact) mass is 332 g/mol. The predicted molar refractivity (Wildman–Crippen MR) is 85.5 cm³/mol. The number of rotatable bonds is 4. The van der Waals surface area contributed by atoms with Crippen molar-refractivity contribution >= 4 is 27.5 Å². The van der Waals surface area contributed by atoms with Crippen molar-refractivity contribution in [2.75, 3.05) is 5.73 Å². The lowest BCUT2D eigenvalue weighted by molar-refractivity contribution is 0.0952. The van der Waals surface area contributed by atoms with Gasteiger partial charge in [0, 0.05) is 16.7 Å². The summed E-state index contributed by atoms with van der Waals surface area (Å²) < 4.78 is 0.863. The Bertz CT molecular complexity index is 608. The molecule has 104 valence electrons. The molecule has 0 saturated carbocycles. The number of carbonyl (C=O) groups excluding carboxylic acids is 1. The Labute approximate surface area is 127 Å². The van der Waals surface area contributed by atoms with Gasteiger partial charge in [-0.2, -0.15) is 0 Å². The zero-order valence-corrected chi connectivity index (χ0v) is 12.9. The highest BCUT2D eigenvalue weighted by Gasteiger charge is 2.09. The molecule has 0 fully saturated rings. The number of amides is 1. The van der Waals surface area contributed by atoms with Crippen molar-refractivity contribution in [1.29, 1.82) is 0 Å². The molecular formula is C16H17BrN2O. The van der Waals surface area contributed by atoms with Crippen LogP contribution in [0, 0.1) is 0 Å².